The largest absolute Gasteiger partial charge is 0.294 e. The standard InChI is InChI=1S/C16H21ClO/c1-10(18)11-8-12-13(9-14(11)17)16(4,5)7-6-15(12,2)3/h8-9H,6-7H2,1-5H3. The molecule has 1 aliphatic rings. The highest BCUT2D eigenvalue weighted by Gasteiger charge is 2.37. The van der Waals surface area contributed by atoms with Gasteiger partial charge in [0.05, 0.1) is 5.02 Å². The van der Waals surface area contributed by atoms with E-state index in [0.717, 1.165) is 12.8 Å². The van der Waals surface area contributed by atoms with Gasteiger partial charge < -0.3 is 0 Å². The molecule has 0 fully saturated rings. The average molecular weight is 265 g/mol. The van der Waals surface area contributed by atoms with Gasteiger partial charge in [0, 0.05) is 5.56 Å². The highest BCUT2D eigenvalue weighted by atomic mass is 35.5. The Bertz CT molecular complexity index is 512. The summed E-state index contributed by atoms with van der Waals surface area (Å²) < 4.78 is 0. The maximum absolute atomic E-state index is 11.6. The summed E-state index contributed by atoms with van der Waals surface area (Å²) in [5, 5.41) is 0.590. The minimum atomic E-state index is 0.0435. The zero-order valence-electron chi connectivity index (χ0n) is 11.9. The number of ketones is 1. The lowest BCUT2D eigenvalue weighted by Gasteiger charge is -2.42. The molecular weight excluding hydrogens is 244 g/mol. The molecule has 2 heteroatoms. The molecule has 0 aromatic heterocycles. The summed E-state index contributed by atoms with van der Waals surface area (Å²) >= 11 is 6.26. The first-order chi connectivity index (χ1) is 8.15. The molecule has 0 unspecified atom stereocenters. The fourth-order valence-corrected chi connectivity index (χ4v) is 3.15. The first-order valence-corrected chi connectivity index (χ1v) is 6.88. The molecule has 0 heterocycles. The Balaban J connectivity index is 2.73. The second-order valence-electron chi connectivity index (χ2n) is 6.70. The Morgan fingerprint density at radius 2 is 1.50 bits per heavy atom. The molecule has 0 spiro atoms. The molecule has 1 nitrogen and oxygen atoms in total. The number of rotatable bonds is 1. The average Bonchev–Trinajstić information content (AvgIpc) is 2.24. The van der Waals surface area contributed by atoms with E-state index in [1.54, 1.807) is 6.92 Å². The number of benzene rings is 1. The van der Waals surface area contributed by atoms with Crippen LogP contribution in [0, 0.1) is 0 Å². The SMILES string of the molecule is CC(=O)c1cc2c(cc1Cl)C(C)(C)CCC2(C)C. The van der Waals surface area contributed by atoms with Crippen LogP contribution in [0.1, 0.15) is 68.9 Å². The molecule has 0 radical (unpaired) electrons. The van der Waals surface area contributed by atoms with Gasteiger partial charge in [0.15, 0.2) is 5.78 Å². The van der Waals surface area contributed by atoms with Crippen molar-refractivity contribution in [1.82, 2.24) is 0 Å². The minimum Gasteiger partial charge on any atom is -0.294 e. The van der Waals surface area contributed by atoms with Crippen molar-refractivity contribution in [3.05, 3.63) is 33.8 Å². The van der Waals surface area contributed by atoms with Crippen molar-refractivity contribution < 1.29 is 4.79 Å². The van der Waals surface area contributed by atoms with Crippen LogP contribution in [0.15, 0.2) is 12.1 Å². The fraction of sp³-hybridized carbons (Fsp3) is 0.562. The van der Waals surface area contributed by atoms with Gasteiger partial charge in [-0.05, 0) is 53.9 Å². The van der Waals surface area contributed by atoms with Crippen molar-refractivity contribution in [3.63, 3.8) is 0 Å². The summed E-state index contributed by atoms with van der Waals surface area (Å²) in [6.45, 7) is 10.6. The molecule has 0 saturated carbocycles. The quantitative estimate of drug-likeness (QED) is 0.660. The van der Waals surface area contributed by atoms with E-state index in [-0.39, 0.29) is 16.6 Å². The summed E-state index contributed by atoms with van der Waals surface area (Å²) in [6, 6.07) is 4.02. The van der Waals surface area contributed by atoms with Crippen molar-refractivity contribution in [2.45, 2.75) is 58.3 Å². The van der Waals surface area contributed by atoms with Crippen molar-refractivity contribution in [2.75, 3.05) is 0 Å². The monoisotopic (exact) mass is 264 g/mol. The molecule has 0 N–H and O–H groups in total. The molecule has 0 aliphatic heterocycles. The molecule has 0 amide bonds. The van der Waals surface area contributed by atoms with Crippen LogP contribution in [0.2, 0.25) is 5.02 Å². The minimum absolute atomic E-state index is 0.0435. The lowest BCUT2D eigenvalue weighted by atomic mass is 9.63. The van der Waals surface area contributed by atoms with Gasteiger partial charge in [0.2, 0.25) is 0 Å². The summed E-state index contributed by atoms with van der Waals surface area (Å²) in [5.74, 6) is 0.0435. The molecule has 0 atom stereocenters. The highest BCUT2D eigenvalue weighted by Crippen LogP contribution is 2.47. The topological polar surface area (TPSA) is 17.1 Å². The van der Waals surface area contributed by atoms with Crippen LogP contribution in [0.25, 0.3) is 0 Å². The Morgan fingerprint density at radius 1 is 1.06 bits per heavy atom. The van der Waals surface area contributed by atoms with Gasteiger partial charge in [0.1, 0.15) is 0 Å². The first kappa shape index (κ1) is 13.6. The molecule has 18 heavy (non-hydrogen) atoms. The van der Waals surface area contributed by atoms with E-state index in [9.17, 15) is 4.79 Å². The fourth-order valence-electron chi connectivity index (χ4n) is 2.86. The van der Waals surface area contributed by atoms with Crippen molar-refractivity contribution >= 4 is 17.4 Å². The lowest BCUT2D eigenvalue weighted by Crippen LogP contribution is -2.34. The van der Waals surface area contributed by atoms with Gasteiger partial charge in [-0.1, -0.05) is 39.3 Å². The van der Waals surface area contributed by atoms with E-state index >= 15 is 0 Å². The molecule has 98 valence electrons. The van der Waals surface area contributed by atoms with E-state index in [1.165, 1.54) is 11.1 Å². The molecule has 0 bridgehead atoms. The van der Waals surface area contributed by atoms with Crippen LogP contribution in [-0.4, -0.2) is 5.78 Å². The number of fused-ring (bicyclic) bond motifs is 1. The van der Waals surface area contributed by atoms with E-state index in [4.69, 9.17) is 11.6 Å². The second-order valence-corrected chi connectivity index (χ2v) is 7.11. The second kappa shape index (κ2) is 4.09. The van der Waals surface area contributed by atoms with E-state index in [2.05, 4.69) is 27.7 Å². The van der Waals surface area contributed by atoms with Gasteiger partial charge >= 0.3 is 0 Å². The zero-order chi connectivity index (χ0) is 13.7. The number of hydrogen-bond donors (Lipinski definition) is 0. The Morgan fingerprint density at radius 3 is 1.94 bits per heavy atom. The predicted octanol–water partition coefficient (Wildman–Crippen LogP) is 4.89. The summed E-state index contributed by atoms with van der Waals surface area (Å²) in [7, 11) is 0. The van der Waals surface area contributed by atoms with Gasteiger partial charge in [0.25, 0.3) is 0 Å². The lowest BCUT2D eigenvalue weighted by molar-refractivity contribution is 0.101. The number of carbonyl (C=O) groups is 1. The molecular formula is C16H21ClO. The van der Waals surface area contributed by atoms with Crippen molar-refractivity contribution in [2.24, 2.45) is 0 Å². The molecule has 1 aliphatic carbocycles. The van der Waals surface area contributed by atoms with Gasteiger partial charge in [-0.3, -0.25) is 4.79 Å². The van der Waals surface area contributed by atoms with Crippen LogP contribution in [0.5, 0.6) is 0 Å². The van der Waals surface area contributed by atoms with Gasteiger partial charge in [-0.15, -0.1) is 0 Å². The molecule has 1 aromatic carbocycles. The highest BCUT2D eigenvalue weighted by molar-refractivity contribution is 6.34. The van der Waals surface area contributed by atoms with Crippen LogP contribution >= 0.6 is 11.6 Å². The zero-order valence-corrected chi connectivity index (χ0v) is 12.6. The molecule has 0 saturated heterocycles. The first-order valence-electron chi connectivity index (χ1n) is 6.50. The van der Waals surface area contributed by atoms with E-state index in [0.29, 0.717) is 10.6 Å². The van der Waals surface area contributed by atoms with E-state index in [1.807, 2.05) is 12.1 Å². The van der Waals surface area contributed by atoms with Crippen LogP contribution in [-0.2, 0) is 10.8 Å². The molecule has 2 rings (SSSR count). The maximum atomic E-state index is 11.6. The third-order valence-corrected chi connectivity index (χ3v) is 4.63. The smallest absolute Gasteiger partial charge is 0.161 e. The number of Topliss-reactive ketones (excluding diaryl/α,β-unsaturated/α-hetero) is 1. The van der Waals surface area contributed by atoms with Crippen LogP contribution in [0.3, 0.4) is 0 Å². The Labute approximate surface area is 115 Å². The summed E-state index contributed by atoms with van der Waals surface area (Å²) in [6.07, 6.45) is 2.30. The number of halogens is 1. The van der Waals surface area contributed by atoms with Gasteiger partial charge in [-0.2, -0.15) is 0 Å². The predicted molar refractivity (Wildman–Crippen MR) is 76.7 cm³/mol. The van der Waals surface area contributed by atoms with Crippen LogP contribution < -0.4 is 0 Å². The Kier molecular flexibility index (Phi) is 3.09. The molecule has 1 aromatic rings. The van der Waals surface area contributed by atoms with Crippen LogP contribution in [0.4, 0.5) is 0 Å². The summed E-state index contributed by atoms with van der Waals surface area (Å²) in [5.41, 5.74) is 3.51. The number of hydrogen-bond acceptors (Lipinski definition) is 1. The van der Waals surface area contributed by atoms with E-state index < -0.39 is 0 Å². The number of carbonyl (C=O) groups excluding carboxylic acids is 1. The maximum Gasteiger partial charge on any atom is 0.161 e. The van der Waals surface area contributed by atoms with Crippen molar-refractivity contribution in [1.29, 1.82) is 0 Å². The Hall–Kier alpha value is -0.820. The third kappa shape index (κ3) is 2.09. The third-order valence-electron chi connectivity index (χ3n) is 4.32. The summed E-state index contributed by atoms with van der Waals surface area (Å²) in [4.78, 5) is 11.6. The van der Waals surface area contributed by atoms with Gasteiger partial charge in [-0.25, -0.2) is 0 Å². The van der Waals surface area contributed by atoms with Crippen molar-refractivity contribution in [3.8, 4) is 0 Å². The normalized spacial score (nSPS) is 20.3.